The molecule has 1 aliphatic carbocycles. The van der Waals surface area contributed by atoms with Crippen LogP contribution < -0.4 is 0 Å². The normalized spacial score (nSPS) is 13.0. The van der Waals surface area contributed by atoms with Crippen LogP contribution in [0.15, 0.2) is 425 Å². The summed E-state index contributed by atoms with van der Waals surface area (Å²) in [5.41, 5.74) is 29.1. The van der Waals surface area contributed by atoms with Gasteiger partial charge in [0.1, 0.15) is 0 Å². The van der Waals surface area contributed by atoms with Gasteiger partial charge in [-0.1, -0.05) is 323 Å². The number of para-hydroxylation sites is 4. The molecule has 0 radical (unpaired) electrons. The summed E-state index contributed by atoms with van der Waals surface area (Å²) in [6.45, 7) is 4.71. The molecule has 1 aliphatic rings. The van der Waals surface area contributed by atoms with E-state index in [1.165, 1.54) is 87.7 Å². The topological polar surface area (TPSA) is 71.3 Å². The van der Waals surface area contributed by atoms with Crippen LogP contribution in [0.4, 0.5) is 0 Å². The molecule has 0 bridgehead atoms. The van der Waals surface area contributed by atoms with Crippen molar-refractivity contribution in [3.8, 4) is 101 Å². The van der Waals surface area contributed by atoms with Crippen LogP contribution >= 0.6 is 0 Å². The molecule has 26 rings (SSSR count). The van der Waals surface area contributed by atoms with Gasteiger partial charge in [-0.2, -0.15) is 0 Å². The number of aromatic nitrogens is 8. The van der Waals surface area contributed by atoms with E-state index in [2.05, 4.69) is 372 Å². The van der Waals surface area contributed by atoms with E-state index >= 15 is 0 Å². The van der Waals surface area contributed by atoms with E-state index in [0.29, 0.717) is 17.5 Å². The molecule has 0 amide bonds. The molecule has 0 atom stereocenters. The van der Waals surface area contributed by atoms with E-state index in [1.54, 1.807) is 0 Å². The van der Waals surface area contributed by atoms with Gasteiger partial charge in [0.05, 0.1) is 73.4 Å². The van der Waals surface area contributed by atoms with Gasteiger partial charge in [-0.05, 0) is 204 Å². The van der Waals surface area contributed by atoms with E-state index in [0.717, 1.165) is 132 Å². The predicted octanol–water partition coefficient (Wildman–Crippen LogP) is 30.3. The number of nitrogens with zero attached hydrogens (tertiary/aromatic N) is 8. The predicted molar refractivity (Wildman–Crippen MR) is 522 cm³/mol. The third-order valence-corrected chi connectivity index (χ3v) is 25.9. The average molecular weight is 1600 g/mol. The van der Waals surface area contributed by atoms with Gasteiger partial charge in [-0.25, -0.2) is 19.9 Å². The fourth-order valence-electron chi connectivity index (χ4n) is 20.0. The van der Waals surface area contributed by atoms with Crippen LogP contribution in [0.3, 0.4) is 0 Å². The zero-order chi connectivity index (χ0) is 86.9. The SMILES string of the molecule is CC1(C)c2ccccc2-c2ccc(-c3cccc4c3c3cc5ccccc5cc3n4-c3nc(-c4ccc5c6ccccc6n(-c6ccc(-c7ccccc7)cc6)c5c4)c4ccccc4n3)cc21.[2H]c1c([2H])c([2H])c(-c2ccc(-n3c4ccccc4c4cc(-c5nc(-n6c7ccc(-c8ccccc8)cc7c7cc8ccccc8cc76)nc6ccccc56)ccc43)cc2)c([2H])c1[2H]. The first-order chi connectivity index (χ1) is 63.8. The number of fused-ring (bicyclic) bond motifs is 19. The van der Waals surface area contributed by atoms with Gasteiger partial charge in [0.15, 0.2) is 0 Å². The monoisotopic (exact) mass is 1600 g/mol. The van der Waals surface area contributed by atoms with Crippen molar-refractivity contribution < 1.29 is 6.85 Å². The fourth-order valence-corrected chi connectivity index (χ4v) is 20.0. The first kappa shape index (κ1) is 66.4. The third kappa shape index (κ3) is 11.5. The molecule has 19 aromatic carbocycles. The maximum atomic E-state index is 8.53. The Kier molecular flexibility index (Phi) is 15.1. The molecule has 584 valence electrons. The zero-order valence-electron chi connectivity index (χ0n) is 73.1. The minimum absolute atomic E-state index is 0.111. The third-order valence-electron chi connectivity index (χ3n) is 25.9. The lowest BCUT2D eigenvalue weighted by Gasteiger charge is -2.22. The van der Waals surface area contributed by atoms with Crippen molar-refractivity contribution in [2.45, 2.75) is 19.3 Å². The van der Waals surface area contributed by atoms with E-state index in [9.17, 15) is 0 Å². The lowest BCUT2D eigenvalue weighted by atomic mass is 9.81. The van der Waals surface area contributed by atoms with Crippen LogP contribution in [0.25, 0.3) is 232 Å². The highest BCUT2D eigenvalue weighted by molar-refractivity contribution is 6.20. The molecule has 0 spiro atoms. The van der Waals surface area contributed by atoms with Crippen molar-refractivity contribution in [2.75, 3.05) is 0 Å². The smallest absolute Gasteiger partial charge is 0.235 e. The summed E-state index contributed by atoms with van der Waals surface area (Å²) in [5.74, 6) is 1.23. The molecule has 125 heavy (non-hydrogen) atoms. The Hall–Kier alpha value is -16.4. The van der Waals surface area contributed by atoms with Crippen molar-refractivity contribution in [1.29, 1.82) is 0 Å². The summed E-state index contributed by atoms with van der Waals surface area (Å²) in [7, 11) is 0. The van der Waals surface area contributed by atoms with Crippen LogP contribution in [-0.4, -0.2) is 38.2 Å². The highest BCUT2D eigenvalue weighted by Gasteiger charge is 2.36. The van der Waals surface area contributed by atoms with Crippen molar-refractivity contribution in [3.63, 3.8) is 0 Å². The first-order valence-electron chi connectivity index (χ1n) is 45.0. The molecule has 8 heteroatoms. The molecule has 0 saturated heterocycles. The minimum atomic E-state index is -0.403. The first-order valence-corrected chi connectivity index (χ1v) is 42.5. The molecule has 8 nitrogen and oxygen atoms in total. The second-order valence-corrected chi connectivity index (χ2v) is 33.2. The van der Waals surface area contributed by atoms with Gasteiger partial charge < -0.3 is 9.13 Å². The molecular weight excluding hydrogens is 1520 g/mol. The molecule has 25 aromatic rings. The van der Waals surface area contributed by atoms with Gasteiger partial charge in [0.2, 0.25) is 11.9 Å². The van der Waals surface area contributed by atoms with Gasteiger partial charge in [0, 0.05) is 81.8 Å². The number of hydrogen-bond donors (Lipinski definition) is 0. The van der Waals surface area contributed by atoms with Gasteiger partial charge >= 0.3 is 0 Å². The summed E-state index contributed by atoms with van der Waals surface area (Å²) >= 11 is 0. The quantitative estimate of drug-likeness (QED) is 0.137. The van der Waals surface area contributed by atoms with E-state index in [-0.39, 0.29) is 35.1 Å². The summed E-state index contributed by atoms with van der Waals surface area (Å²) < 4.78 is 50.6. The number of hydrogen-bond acceptors (Lipinski definition) is 4. The molecule has 0 fully saturated rings. The highest BCUT2D eigenvalue weighted by atomic mass is 15.2. The Labute approximate surface area is 727 Å². The Balaban J connectivity index is 0.000000141. The molecule has 0 unspecified atom stereocenters. The van der Waals surface area contributed by atoms with Gasteiger partial charge in [-0.15, -0.1) is 0 Å². The second kappa shape index (κ2) is 28.4. The maximum Gasteiger partial charge on any atom is 0.235 e. The molecule has 0 aliphatic heterocycles. The van der Waals surface area contributed by atoms with Crippen LogP contribution in [0.2, 0.25) is 0 Å². The Morgan fingerprint density at radius 1 is 0.224 bits per heavy atom. The largest absolute Gasteiger partial charge is 0.309 e. The van der Waals surface area contributed by atoms with E-state index < -0.39 is 6.04 Å². The Morgan fingerprint density at radius 2 is 0.624 bits per heavy atom. The Morgan fingerprint density at radius 3 is 1.27 bits per heavy atom. The number of rotatable bonds is 10. The minimum Gasteiger partial charge on any atom is -0.309 e. The van der Waals surface area contributed by atoms with Crippen molar-refractivity contribution in [3.05, 3.63) is 436 Å². The summed E-state index contributed by atoms with van der Waals surface area (Å²) in [6, 6.07) is 139. The van der Waals surface area contributed by atoms with Crippen LogP contribution in [0.1, 0.15) is 31.8 Å². The van der Waals surface area contributed by atoms with Crippen molar-refractivity contribution >= 4 is 131 Å². The maximum absolute atomic E-state index is 8.53. The highest BCUT2D eigenvalue weighted by Crippen LogP contribution is 2.52. The van der Waals surface area contributed by atoms with Gasteiger partial charge in [-0.3, -0.25) is 9.13 Å². The van der Waals surface area contributed by atoms with Gasteiger partial charge in [0.25, 0.3) is 0 Å². The summed E-state index contributed by atoms with van der Waals surface area (Å²) in [6.07, 6.45) is 0. The summed E-state index contributed by atoms with van der Waals surface area (Å²) in [4.78, 5) is 21.8. The second-order valence-electron chi connectivity index (χ2n) is 33.2. The zero-order valence-corrected chi connectivity index (χ0v) is 68.1. The lowest BCUT2D eigenvalue weighted by molar-refractivity contribution is 0.660. The Bertz CT molecular complexity index is 9050. The molecule has 0 saturated carbocycles. The van der Waals surface area contributed by atoms with Crippen molar-refractivity contribution in [1.82, 2.24) is 38.2 Å². The van der Waals surface area contributed by atoms with Crippen LogP contribution in [0.5, 0.6) is 0 Å². The van der Waals surface area contributed by atoms with E-state index in [4.69, 9.17) is 26.8 Å². The van der Waals surface area contributed by atoms with Crippen LogP contribution in [0, 0.1) is 0 Å². The van der Waals surface area contributed by atoms with Crippen LogP contribution in [-0.2, 0) is 5.41 Å². The molecule has 0 N–H and O–H groups in total. The average Bonchev–Trinajstić information content (AvgIpc) is 1.55. The lowest BCUT2D eigenvalue weighted by Crippen LogP contribution is -2.14. The number of benzene rings is 19. The molecular formula is C117H76N8. The van der Waals surface area contributed by atoms with Crippen molar-refractivity contribution in [2.24, 2.45) is 0 Å². The standard InChI is InChI=1S/C63H42N4.C54H34N4/c1-63(2)53-23-11-8-19-47(53)48-33-29-43(36-54(48)63)46-22-14-26-57-60(46)52-35-41-17-6-7-18-42(41)37-59(52)67(57)62-64-55-24-12-9-21-51(55)61(65-62)44-30-34-50-49-20-10-13-25-56(49)66(58(50)38-44)45-31-27-40(28-32-45)39-15-4-3-5-16-39;1-3-13-35(14-4-1)37-23-27-42(28-24-37)57-49-22-12-10-19-43(49)45-33-41(26-30-50(45)57)53-44-20-9-11-21-48(44)55-54(56-53)58-51-29-25-40(36-15-5-2-6-16-36)32-46(51)47-31-38-17-7-8-18-39(38)34-52(47)58/h3-38H,1-2H3;1-34H/i;1D,3D,4D,13D,14D. The molecule has 6 aromatic heterocycles. The summed E-state index contributed by atoms with van der Waals surface area (Å²) in [5, 5.41) is 15.8. The molecule has 6 heterocycles. The fraction of sp³-hybridized carbons (Fsp3) is 0.0256. The van der Waals surface area contributed by atoms with E-state index in [1.807, 2.05) is 54.6 Å².